The second-order valence-corrected chi connectivity index (χ2v) is 8.90. The van der Waals surface area contributed by atoms with Crippen molar-refractivity contribution in [2.75, 3.05) is 24.6 Å². The molecule has 1 amide bonds. The Morgan fingerprint density at radius 1 is 1.15 bits per heavy atom. The molecule has 0 N–H and O–H groups in total. The lowest BCUT2D eigenvalue weighted by Gasteiger charge is -2.29. The molecule has 0 spiro atoms. The van der Waals surface area contributed by atoms with E-state index in [0.29, 0.717) is 25.3 Å². The van der Waals surface area contributed by atoms with E-state index >= 15 is 0 Å². The van der Waals surface area contributed by atoms with Crippen molar-refractivity contribution in [2.45, 2.75) is 57.3 Å². The van der Waals surface area contributed by atoms with Crippen LogP contribution in [0.4, 0.5) is 5.69 Å². The van der Waals surface area contributed by atoms with Gasteiger partial charge in [0.2, 0.25) is 14.9 Å². The first kappa shape index (κ1) is 18.9. The van der Waals surface area contributed by atoms with E-state index in [4.69, 9.17) is 0 Å². The van der Waals surface area contributed by atoms with E-state index in [1.807, 2.05) is 13.0 Å². The van der Waals surface area contributed by atoms with E-state index in [-0.39, 0.29) is 9.94 Å². The summed E-state index contributed by atoms with van der Waals surface area (Å²) >= 11 is 0. The molecule has 142 valence electrons. The molecule has 6 nitrogen and oxygen atoms in total. The van der Waals surface area contributed by atoms with Crippen LogP contribution in [-0.2, 0) is 14.6 Å². The number of benzene rings is 1. The van der Waals surface area contributed by atoms with E-state index < -0.39 is 15.7 Å². The zero-order valence-electron chi connectivity index (χ0n) is 15.6. The van der Waals surface area contributed by atoms with Crippen LogP contribution in [0.1, 0.15) is 51.0 Å². The van der Waals surface area contributed by atoms with Gasteiger partial charge in [-0.15, -0.1) is 0 Å². The molecule has 7 heteroatoms. The van der Waals surface area contributed by atoms with Gasteiger partial charge in [0.1, 0.15) is 0 Å². The summed E-state index contributed by atoms with van der Waals surface area (Å²) in [6, 6.07) is 5.20. The van der Waals surface area contributed by atoms with Crippen LogP contribution in [0.2, 0.25) is 0 Å². The Hall–Kier alpha value is -1.89. The molecule has 0 aromatic heterocycles. The van der Waals surface area contributed by atoms with Crippen molar-refractivity contribution in [3.8, 4) is 0 Å². The Morgan fingerprint density at radius 2 is 1.85 bits per heavy atom. The molecule has 0 unspecified atom stereocenters. The Labute approximate surface area is 155 Å². The number of carbonyl (C=O) groups is 1. The molecule has 0 aliphatic carbocycles. The van der Waals surface area contributed by atoms with Crippen LogP contribution >= 0.6 is 0 Å². The second kappa shape index (κ2) is 7.78. The van der Waals surface area contributed by atoms with Crippen molar-refractivity contribution >= 4 is 26.5 Å². The number of unbranched alkanes of at least 4 members (excludes halogenated alkanes) is 1. The lowest BCUT2D eigenvalue weighted by Crippen LogP contribution is -2.44. The number of fused-ring (bicyclic) bond motifs is 1. The number of hydrazone groups is 1. The second-order valence-electron chi connectivity index (χ2n) is 7.06. The van der Waals surface area contributed by atoms with Crippen molar-refractivity contribution in [1.29, 1.82) is 0 Å². The summed E-state index contributed by atoms with van der Waals surface area (Å²) < 4.78 is 26.2. The van der Waals surface area contributed by atoms with Gasteiger partial charge in [0.05, 0.1) is 10.6 Å². The van der Waals surface area contributed by atoms with E-state index in [1.165, 1.54) is 0 Å². The quantitative estimate of drug-likeness (QED) is 0.808. The van der Waals surface area contributed by atoms with Gasteiger partial charge in [0, 0.05) is 19.6 Å². The molecule has 0 radical (unpaired) electrons. The third-order valence-corrected chi connectivity index (χ3v) is 6.64. The number of nitrogens with zero attached hydrogens (tertiary/aromatic N) is 3. The lowest BCUT2D eigenvalue weighted by molar-refractivity contribution is -0.123. The molecule has 2 aliphatic heterocycles. The van der Waals surface area contributed by atoms with Crippen LogP contribution in [0.15, 0.2) is 28.2 Å². The Morgan fingerprint density at radius 3 is 2.50 bits per heavy atom. The normalized spacial score (nSPS) is 19.5. The van der Waals surface area contributed by atoms with Gasteiger partial charge in [-0.1, -0.05) is 32.3 Å². The number of likely N-dealkylation sites (tertiary alicyclic amines) is 1. The topological polar surface area (TPSA) is 70.1 Å². The van der Waals surface area contributed by atoms with Gasteiger partial charge in [-0.2, -0.15) is 5.10 Å². The summed E-state index contributed by atoms with van der Waals surface area (Å²) in [6.45, 7) is 5.79. The monoisotopic (exact) mass is 377 g/mol. The molecule has 26 heavy (non-hydrogen) atoms. The minimum absolute atomic E-state index is 0.187. The first-order valence-corrected chi connectivity index (χ1v) is 10.9. The summed E-state index contributed by atoms with van der Waals surface area (Å²) in [6.07, 6.45) is 5.82. The smallest absolute Gasteiger partial charge is 0.286 e. The SMILES string of the molecule is CCCCN1N=C(C(=O)N2CCCCCC2)S(=O)(=O)c2ccc(C)cc21. The minimum Gasteiger partial charge on any atom is -0.337 e. The van der Waals surface area contributed by atoms with Crippen LogP contribution < -0.4 is 5.01 Å². The number of amides is 1. The molecular weight excluding hydrogens is 350 g/mol. The van der Waals surface area contributed by atoms with E-state index in [2.05, 4.69) is 12.0 Å². The lowest BCUT2D eigenvalue weighted by atomic mass is 10.2. The average Bonchev–Trinajstić information content (AvgIpc) is 2.89. The number of sulfone groups is 1. The summed E-state index contributed by atoms with van der Waals surface area (Å²) in [5, 5.41) is 5.70. The van der Waals surface area contributed by atoms with Gasteiger partial charge in [-0.05, 0) is 43.9 Å². The number of rotatable bonds is 4. The van der Waals surface area contributed by atoms with E-state index in [9.17, 15) is 13.2 Å². The maximum Gasteiger partial charge on any atom is 0.286 e. The highest BCUT2D eigenvalue weighted by Gasteiger charge is 2.39. The van der Waals surface area contributed by atoms with E-state index in [0.717, 1.165) is 44.1 Å². The molecule has 3 rings (SSSR count). The van der Waals surface area contributed by atoms with E-state index in [1.54, 1.807) is 22.0 Å². The maximum absolute atomic E-state index is 13.1. The Balaban J connectivity index is 2.02. The highest BCUT2D eigenvalue weighted by Crippen LogP contribution is 2.33. The number of hydrogen-bond donors (Lipinski definition) is 0. The van der Waals surface area contributed by atoms with Crippen LogP contribution in [0.25, 0.3) is 0 Å². The van der Waals surface area contributed by atoms with Crippen molar-refractivity contribution in [3.63, 3.8) is 0 Å². The van der Waals surface area contributed by atoms with Crippen LogP contribution in [0.5, 0.6) is 0 Å². The first-order chi connectivity index (χ1) is 12.4. The molecule has 2 aliphatic rings. The third kappa shape index (κ3) is 3.63. The molecule has 1 fully saturated rings. The van der Waals surface area contributed by atoms with Crippen LogP contribution in [0.3, 0.4) is 0 Å². The highest BCUT2D eigenvalue weighted by atomic mass is 32.2. The summed E-state index contributed by atoms with van der Waals surface area (Å²) in [5.74, 6) is -0.459. The Kier molecular flexibility index (Phi) is 5.65. The predicted molar refractivity (Wildman–Crippen MR) is 103 cm³/mol. The fourth-order valence-corrected chi connectivity index (χ4v) is 4.88. The van der Waals surface area contributed by atoms with Gasteiger partial charge in [0.25, 0.3) is 5.91 Å². The number of carbonyl (C=O) groups excluding carboxylic acids is 1. The maximum atomic E-state index is 13.1. The molecular formula is C19H27N3O3S. The minimum atomic E-state index is -3.90. The number of aryl methyl sites for hydroxylation is 1. The molecule has 1 aromatic rings. The van der Waals surface area contributed by atoms with Gasteiger partial charge in [-0.3, -0.25) is 9.80 Å². The molecule has 2 heterocycles. The molecule has 0 saturated carbocycles. The van der Waals surface area contributed by atoms with Gasteiger partial charge >= 0.3 is 0 Å². The van der Waals surface area contributed by atoms with Gasteiger partial charge < -0.3 is 4.90 Å². The summed E-state index contributed by atoms with van der Waals surface area (Å²) in [5.41, 5.74) is 1.55. The third-order valence-electron chi connectivity index (χ3n) is 4.95. The fraction of sp³-hybridized carbons (Fsp3) is 0.579. The summed E-state index contributed by atoms with van der Waals surface area (Å²) in [4.78, 5) is 14.8. The van der Waals surface area contributed by atoms with Gasteiger partial charge in [0.15, 0.2) is 0 Å². The molecule has 0 bridgehead atoms. The van der Waals surface area contributed by atoms with Crippen molar-refractivity contribution < 1.29 is 13.2 Å². The average molecular weight is 378 g/mol. The molecule has 0 atom stereocenters. The predicted octanol–water partition coefficient (Wildman–Crippen LogP) is 3.10. The van der Waals surface area contributed by atoms with Crippen molar-refractivity contribution in [1.82, 2.24) is 4.90 Å². The fourth-order valence-electron chi connectivity index (χ4n) is 3.42. The number of anilines is 1. The number of hydrogen-bond acceptors (Lipinski definition) is 5. The zero-order valence-corrected chi connectivity index (χ0v) is 16.4. The van der Waals surface area contributed by atoms with Crippen molar-refractivity contribution in [2.24, 2.45) is 5.10 Å². The summed E-state index contributed by atoms with van der Waals surface area (Å²) in [7, 11) is -3.90. The van der Waals surface area contributed by atoms with Gasteiger partial charge in [-0.25, -0.2) is 8.42 Å². The van der Waals surface area contributed by atoms with Crippen LogP contribution in [-0.4, -0.2) is 43.9 Å². The first-order valence-electron chi connectivity index (χ1n) is 9.46. The van der Waals surface area contributed by atoms with Crippen LogP contribution in [0, 0.1) is 6.92 Å². The zero-order chi connectivity index (χ0) is 18.7. The van der Waals surface area contributed by atoms with Crippen molar-refractivity contribution in [3.05, 3.63) is 23.8 Å². The standard InChI is InChI=1S/C19H27N3O3S/c1-3-4-13-22-16-14-15(2)9-10-17(16)26(24,25)18(20-22)19(23)21-11-7-5-6-8-12-21/h9-10,14H,3-8,11-13H2,1-2H3. The highest BCUT2D eigenvalue weighted by molar-refractivity contribution is 8.08. The Bertz CT molecular complexity index is 809. The largest absolute Gasteiger partial charge is 0.337 e. The molecule has 1 saturated heterocycles. The molecule has 1 aromatic carbocycles.